The molecule has 0 fully saturated rings. The summed E-state index contributed by atoms with van der Waals surface area (Å²) in [5.41, 5.74) is 1.82. The lowest BCUT2D eigenvalue weighted by Gasteiger charge is -2.40. The fourth-order valence-corrected chi connectivity index (χ4v) is 3.81. The van der Waals surface area contributed by atoms with Crippen molar-refractivity contribution in [2.24, 2.45) is 0 Å². The number of aliphatic hydroxyl groups is 2. The van der Waals surface area contributed by atoms with Crippen LogP contribution in [0.3, 0.4) is 0 Å². The Bertz CT molecular complexity index is 826. The van der Waals surface area contributed by atoms with Crippen LogP contribution in [0, 0.1) is 0 Å². The van der Waals surface area contributed by atoms with Crippen molar-refractivity contribution < 1.29 is 24.8 Å². The summed E-state index contributed by atoms with van der Waals surface area (Å²) in [4.78, 5) is 0. The Balaban J connectivity index is 2.01. The molecule has 1 atom stereocenters. The van der Waals surface area contributed by atoms with Gasteiger partial charge in [-0.1, -0.05) is 72.8 Å². The second kappa shape index (κ2) is 10.9. The van der Waals surface area contributed by atoms with Crippen molar-refractivity contribution in [2.45, 2.75) is 11.5 Å². The predicted molar refractivity (Wildman–Crippen MR) is 116 cm³/mol. The first-order valence-electron chi connectivity index (χ1n) is 10.0. The molecule has 1 unspecified atom stereocenters. The van der Waals surface area contributed by atoms with Gasteiger partial charge in [0.1, 0.15) is 5.75 Å². The van der Waals surface area contributed by atoms with Crippen LogP contribution in [0.15, 0.2) is 84.9 Å². The first-order valence-corrected chi connectivity index (χ1v) is 10.0. The highest BCUT2D eigenvalue weighted by Gasteiger charge is 2.43. The molecule has 5 heteroatoms. The lowest BCUT2D eigenvalue weighted by Crippen LogP contribution is -2.44. The molecule has 0 spiro atoms. The SMILES string of the molecule is OCCOCCOCC(O)C(c1ccccc1)(c1ccccc1)c1ccc(O)cc1. The van der Waals surface area contributed by atoms with Crippen molar-refractivity contribution in [1.82, 2.24) is 0 Å². The van der Waals surface area contributed by atoms with E-state index in [0.717, 1.165) is 16.7 Å². The average molecular weight is 408 g/mol. The van der Waals surface area contributed by atoms with Gasteiger partial charge in [0.2, 0.25) is 0 Å². The molecule has 0 aliphatic rings. The fourth-order valence-electron chi connectivity index (χ4n) is 3.81. The molecule has 0 heterocycles. The summed E-state index contributed by atoms with van der Waals surface area (Å²) < 4.78 is 11.0. The van der Waals surface area contributed by atoms with Crippen LogP contribution in [-0.2, 0) is 14.9 Å². The standard InChI is InChI=1S/C25H28O5/c26-15-16-29-17-18-30-19-24(28)25(20-7-3-1-4-8-20,21-9-5-2-6-10-21)22-11-13-23(27)14-12-22/h1-14,24,26-28H,15-19H2. The quantitative estimate of drug-likeness (QED) is 0.336. The lowest BCUT2D eigenvalue weighted by molar-refractivity contribution is -0.0163. The van der Waals surface area contributed by atoms with E-state index in [1.54, 1.807) is 12.1 Å². The van der Waals surface area contributed by atoms with E-state index in [-0.39, 0.29) is 25.6 Å². The van der Waals surface area contributed by atoms with Crippen LogP contribution in [0.2, 0.25) is 0 Å². The Kier molecular flexibility index (Phi) is 7.99. The van der Waals surface area contributed by atoms with Crippen LogP contribution in [0.5, 0.6) is 5.75 Å². The average Bonchev–Trinajstić information content (AvgIpc) is 2.79. The molecule has 3 rings (SSSR count). The molecule has 0 bridgehead atoms. The number of phenols is 1. The number of aromatic hydroxyl groups is 1. The summed E-state index contributed by atoms with van der Waals surface area (Å²) >= 11 is 0. The van der Waals surface area contributed by atoms with Crippen molar-refractivity contribution in [3.63, 3.8) is 0 Å². The number of aliphatic hydroxyl groups excluding tert-OH is 2. The summed E-state index contributed by atoms with van der Waals surface area (Å²) in [6, 6.07) is 26.6. The number of phenolic OH excluding ortho intramolecular Hbond substituents is 1. The Morgan fingerprint density at radius 1 is 0.667 bits per heavy atom. The molecular weight excluding hydrogens is 380 g/mol. The van der Waals surface area contributed by atoms with Crippen molar-refractivity contribution in [1.29, 1.82) is 0 Å². The van der Waals surface area contributed by atoms with E-state index in [2.05, 4.69) is 0 Å². The fraction of sp³-hybridized carbons (Fsp3) is 0.280. The second-order valence-corrected chi connectivity index (χ2v) is 7.01. The van der Waals surface area contributed by atoms with E-state index in [0.29, 0.717) is 13.2 Å². The smallest absolute Gasteiger partial charge is 0.115 e. The normalized spacial score (nSPS) is 12.6. The maximum absolute atomic E-state index is 11.5. The van der Waals surface area contributed by atoms with Crippen LogP contribution >= 0.6 is 0 Å². The van der Waals surface area contributed by atoms with Gasteiger partial charge >= 0.3 is 0 Å². The Labute approximate surface area is 177 Å². The molecule has 0 radical (unpaired) electrons. The van der Waals surface area contributed by atoms with E-state index >= 15 is 0 Å². The summed E-state index contributed by atoms with van der Waals surface area (Å²) in [6.45, 7) is 0.974. The van der Waals surface area contributed by atoms with Gasteiger partial charge in [0.05, 0.1) is 44.6 Å². The van der Waals surface area contributed by atoms with Crippen LogP contribution < -0.4 is 0 Å². The first-order chi connectivity index (χ1) is 14.7. The van der Waals surface area contributed by atoms with Crippen molar-refractivity contribution in [2.75, 3.05) is 33.0 Å². The Morgan fingerprint density at radius 2 is 1.17 bits per heavy atom. The number of rotatable bonds is 11. The molecular formula is C25H28O5. The molecule has 3 N–H and O–H groups in total. The molecule has 0 saturated heterocycles. The topological polar surface area (TPSA) is 79.2 Å². The molecule has 0 aromatic heterocycles. The van der Waals surface area contributed by atoms with E-state index in [1.165, 1.54) is 0 Å². The van der Waals surface area contributed by atoms with Crippen molar-refractivity contribution in [3.05, 3.63) is 102 Å². The maximum atomic E-state index is 11.5. The van der Waals surface area contributed by atoms with Crippen LogP contribution in [-0.4, -0.2) is 54.5 Å². The molecule has 0 aliphatic heterocycles. The minimum Gasteiger partial charge on any atom is -0.508 e. The van der Waals surface area contributed by atoms with Gasteiger partial charge in [-0.05, 0) is 28.8 Å². The van der Waals surface area contributed by atoms with Gasteiger partial charge in [-0.25, -0.2) is 0 Å². The van der Waals surface area contributed by atoms with Gasteiger partial charge in [-0.15, -0.1) is 0 Å². The predicted octanol–water partition coefficient (Wildman–Crippen LogP) is 3.11. The van der Waals surface area contributed by atoms with Gasteiger partial charge in [0.25, 0.3) is 0 Å². The number of hydrogen-bond donors (Lipinski definition) is 3. The molecule has 0 amide bonds. The van der Waals surface area contributed by atoms with Crippen LogP contribution in [0.25, 0.3) is 0 Å². The number of hydrogen-bond acceptors (Lipinski definition) is 5. The molecule has 3 aromatic rings. The number of benzene rings is 3. The summed E-state index contributed by atoms with van der Waals surface area (Å²) in [6.07, 6.45) is -0.898. The molecule has 0 aliphatic carbocycles. The molecule has 30 heavy (non-hydrogen) atoms. The third-order valence-corrected chi connectivity index (χ3v) is 5.16. The van der Waals surface area contributed by atoms with E-state index in [9.17, 15) is 10.2 Å². The second-order valence-electron chi connectivity index (χ2n) is 7.01. The largest absolute Gasteiger partial charge is 0.508 e. The third kappa shape index (κ3) is 4.89. The van der Waals surface area contributed by atoms with E-state index in [4.69, 9.17) is 14.6 Å². The molecule has 3 aromatic carbocycles. The summed E-state index contributed by atoms with van der Waals surface area (Å²) in [5.74, 6) is 0.167. The zero-order valence-corrected chi connectivity index (χ0v) is 16.9. The van der Waals surface area contributed by atoms with Crippen LogP contribution in [0.1, 0.15) is 16.7 Å². The molecule has 0 saturated carbocycles. The third-order valence-electron chi connectivity index (χ3n) is 5.16. The first kappa shape index (κ1) is 22.0. The monoisotopic (exact) mass is 408 g/mol. The number of ether oxygens (including phenoxy) is 2. The lowest BCUT2D eigenvalue weighted by atomic mass is 9.66. The van der Waals surface area contributed by atoms with Gasteiger partial charge in [-0.2, -0.15) is 0 Å². The van der Waals surface area contributed by atoms with E-state index in [1.807, 2.05) is 72.8 Å². The van der Waals surface area contributed by atoms with Gasteiger partial charge in [0.15, 0.2) is 0 Å². The zero-order valence-electron chi connectivity index (χ0n) is 16.9. The van der Waals surface area contributed by atoms with Crippen molar-refractivity contribution >= 4 is 0 Å². The van der Waals surface area contributed by atoms with Gasteiger partial charge in [-0.3, -0.25) is 0 Å². The highest BCUT2D eigenvalue weighted by molar-refractivity contribution is 5.52. The molecule has 5 nitrogen and oxygen atoms in total. The maximum Gasteiger partial charge on any atom is 0.115 e. The summed E-state index contributed by atoms with van der Waals surface area (Å²) in [5, 5.41) is 30.1. The zero-order chi connectivity index (χ0) is 21.2. The van der Waals surface area contributed by atoms with Crippen LogP contribution in [0.4, 0.5) is 0 Å². The highest BCUT2D eigenvalue weighted by Crippen LogP contribution is 2.42. The van der Waals surface area contributed by atoms with E-state index < -0.39 is 11.5 Å². The van der Waals surface area contributed by atoms with Gasteiger partial charge in [0, 0.05) is 0 Å². The Hall–Kier alpha value is -2.70. The summed E-state index contributed by atoms with van der Waals surface area (Å²) in [7, 11) is 0. The van der Waals surface area contributed by atoms with Gasteiger partial charge < -0.3 is 24.8 Å². The minimum absolute atomic E-state index is 0.0331. The Morgan fingerprint density at radius 3 is 1.70 bits per heavy atom. The molecule has 158 valence electrons. The minimum atomic E-state index is -0.898. The highest BCUT2D eigenvalue weighted by atomic mass is 16.5. The van der Waals surface area contributed by atoms with Crippen molar-refractivity contribution in [3.8, 4) is 5.75 Å².